The van der Waals surface area contributed by atoms with Crippen LogP contribution in [0.15, 0.2) is 70.6 Å². The van der Waals surface area contributed by atoms with Crippen molar-refractivity contribution in [3.63, 3.8) is 0 Å². The van der Waals surface area contributed by atoms with E-state index in [0.29, 0.717) is 30.0 Å². The minimum atomic E-state index is -3.56. The monoisotopic (exact) mass is 467 g/mol. The van der Waals surface area contributed by atoms with E-state index in [2.05, 4.69) is 29.3 Å². The van der Waals surface area contributed by atoms with Crippen molar-refractivity contribution in [3.8, 4) is 0 Å². The van der Waals surface area contributed by atoms with Crippen LogP contribution in [0.2, 0.25) is 0 Å². The third-order valence-corrected chi connectivity index (χ3v) is 8.72. The first kappa shape index (κ1) is 22.4. The van der Waals surface area contributed by atoms with Gasteiger partial charge in [-0.3, -0.25) is 4.79 Å². The lowest BCUT2D eigenvalue weighted by molar-refractivity contribution is 0.0997. The number of nitrogens with zero attached hydrogens (tertiary/aromatic N) is 3. The summed E-state index contributed by atoms with van der Waals surface area (Å²) < 4.78 is 29.9. The molecule has 1 amide bonds. The van der Waals surface area contributed by atoms with Crippen LogP contribution in [0.5, 0.6) is 0 Å². The van der Waals surface area contributed by atoms with Crippen molar-refractivity contribution in [2.24, 2.45) is 4.99 Å². The number of amides is 1. The van der Waals surface area contributed by atoms with Crippen molar-refractivity contribution in [1.82, 2.24) is 8.87 Å². The van der Waals surface area contributed by atoms with E-state index in [9.17, 15) is 13.2 Å². The fourth-order valence-corrected chi connectivity index (χ4v) is 6.51. The van der Waals surface area contributed by atoms with E-state index in [-0.39, 0.29) is 4.90 Å². The van der Waals surface area contributed by atoms with Crippen molar-refractivity contribution in [3.05, 3.63) is 71.0 Å². The van der Waals surface area contributed by atoms with Crippen LogP contribution in [0.25, 0.3) is 21.0 Å². The Morgan fingerprint density at radius 2 is 1.66 bits per heavy atom. The van der Waals surface area contributed by atoms with Gasteiger partial charge in [0, 0.05) is 30.6 Å². The topological polar surface area (TPSA) is 71.7 Å². The molecular formula is C24H25N3O3S2. The lowest BCUT2D eigenvalue weighted by Crippen LogP contribution is -2.30. The molecule has 1 heterocycles. The van der Waals surface area contributed by atoms with Gasteiger partial charge in [0.05, 0.1) is 15.1 Å². The van der Waals surface area contributed by atoms with Crippen LogP contribution < -0.4 is 4.80 Å². The van der Waals surface area contributed by atoms with Crippen molar-refractivity contribution in [2.75, 3.05) is 13.1 Å². The largest absolute Gasteiger partial charge is 0.317 e. The average molecular weight is 468 g/mol. The van der Waals surface area contributed by atoms with Crippen LogP contribution in [-0.4, -0.2) is 36.3 Å². The molecular weight excluding hydrogens is 442 g/mol. The van der Waals surface area contributed by atoms with E-state index in [1.54, 1.807) is 13.8 Å². The molecule has 0 unspecified atom stereocenters. The van der Waals surface area contributed by atoms with Gasteiger partial charge in [0.2, 0.25) is 10.0 Å². The molecule has 0 radical (unpaired) electrons. The van der Waals surface area contributed by atoms with Crippen molar-refractivity contribution >= 4 is 48.3 Å². The van der Waals surface area contributed by atoms with Crippen LogP contribution in [0, 0.1) is 0 Å². The molecule has 3 aromatic carbocycles. The Balaban J connectivity index is 1.74. The zero-order chi connectivity index (χ0) is 22.9. The number of benzene rings is 3. The van der Waals surface area contributed by atoms with Gasteiger partial charge in [-0.25, -0.2) is 8.42 Å². The van der Waals surface area contributed by atoms with E-state index in [1.165, 1.54) is 39.9 Å². The van der Waals surface area contributed by atoms with E-state index >= 15 is 0 Å². The Labute approximate surface area is 191 Å². The number of aryl methyl sites for hydroxylation is 1. The molecule has 32 heavy (non-hydrogen) atoms. The lowest BCUT2D eigenvalue weighted by atomic mass is 10.1. The highest BCUT2D eigenvalue weighted by Gasteiger charge is 2.21. The number of sulfonamides is 1. The first-order valence-electron chi connectivity index (χ1n) is 10.6. The highest BCUT2D eigenvalue weighted by Crippen LogP contribution is 2.27. The normalized spacial score (nSPS) is 12.8. The van der Waals surface area contributed by atoms with Gasteiger partial charge in [-0.15, -0.1) is 0 Å². The predicted octanol–water partition coefficient (Wildman–Crippen LogP) is 4.65. The highest BCUT2D eigenvalue weighted by atomic mass is 32.2. The van der Waals surface area contributed by atoms with Crippen molar-refractivity contribution in [1.29, 1.82) is 0 Å². The summed E-state index contributed by atoms with van der Waals surface area (Å²) in [5, 5.41) is 2.28. The Bertz CT molecular complexity index is 1460. The molecule has 0 atom stereocenters. The molecule has 166 valence electrons. The van der Waals surface area contributed by atoms with E-state index < -0.39 is 15.9 Å². The minimum absolute atomic E-state index is 0.176. The third kappa shape index (κ3) is 3.90. The van der Waals surface area contributed by atoms with Crippen molar-refractivity contribution < 1.29 is 13.2 Å². The van der Waals surface area contributed by atoms with Gasteiger partial charge in [0.25, 0.3) is 5.91 Å². The third-order valence-electron chi connectivity index (χ3n) is 5.53. The Kier molecular flexibility index (Phi) is 6.28. The van der Waals surface area contributed by atoms with Crippen LogP contribution in [0.4, 0.5) is 0 Å². The van der Waals surface area contributed by atoms with Gasteiger partial charge in [-0.05, 0) is 42.6 Å². The Morgan fingerprint density at radius 3 is 2.31 bits per heavy atom. The summed E-state index contributed by atoms with van der Waals surface area (Å²) >= 11 is 1.49. The number of fused-ring (bicyclic) bond motifs is 3. The van der Waals surface area contributed by atoms with Crippen LogP contribution >= 0.6 is 11.3 Å². The minimum Gasteiger partial charge on any atom is -0.317 e. The molecule has 0 N–H and O–H groups in total. The molecule has 6 nitrogen and oxygen atoms in total. The second-order valence-corrected chi connectivity index (χ2v) is 10.2. The summed E-state index contributed by atoms with van der Waals surface area (Å²) in [6.45, 7) is 7.10. The molecule has 0 spiro atoms. The zero-order valence-electron chi connectivity index (χ0n) is 18.3. The van der Waals surface area contributed by atoms with E-state index in [4.69, 9.17) is 0 Å². The van der Waals surface area contributed by atoms with E-state index in [1.807, 2.05) is 23.6 Å². The van der Waals surface area contributed by atoms with E-state index in [0.717, 1.165) is 21.0 Å². The average Bonchev–Trinajstić information content (AvgIpc) is 3.17. The maximum atomic E-state index is 12.9. The number of hydrogen-bond acceptors (Lipinski definition) is 4. The van der Waals surface area contributed by atoms with Gasteiger partial charge >= 0.3 is 0 Å². The van der Waals surface area contributed by atoms with Gasteiger partial charge in [-0.1, -0.05) is 55.5 Å². The lowest BCUT2D eigenvalue weighted by Gasteiger charge is -2.18. The molecule has 4 aromatic rings. The second-order valence-electron chi connectivity index (χ2n) is 7.29. The molecule has 0 bridgehead atoms. The summed E-state index contributed by atoms with van der Waals surface area (Å²) in [4.78, 5) is 18.1. The molecule has 1 aromatic heterocycles. The predicted molar refractivity (Wildman–Crippen MR) is 129 cm³/mol. The number of carbonyl (C=O) groups excluding carboxylic acids is 1. The van der Waals surface area contributed by atoms with Gasteiger partial charge < -0.3 is 4.57 Å². The quantitative estimate of drug-likeness (QED) is 0.414. The maximum absolute atomic E-state index is 12.9. The van der Waals surface area contributed by atoms with Crippen LogP contribution in [0.1, 0.15) is 31.1 Å². The molecule has 0 saturated carbocycles. The van der Waals surface area contributed by atoms with Gasteiger partial charge in [0.1, 0.15) is 0 Å². The number of aromatic nitrogens is 1. The Hall–Kier alpha value is -2.81. The van der Waals surface area contributed by atoms with Crippen molar-refractivity contribution in [2.45, 2.75) is 32.2 Å². The maximum Gasteiger partial charge on any atom is 0.279 e. The summed E-state index contributed by atoms with van der Waals surface area (Å²) in [5.41, 5.74) is 1.40. The van der Waals surface area contributed by atoms with Gasteiger partial charge in [-0.2, -0.15) is 9.30 Å². The van der Waals surface area contributed by atoms with Gasteiger partial charge in [0.15, 0.2) is 4.80 Å². The molecule has 0 aliphatic carbocycles. The molecule has 0 saturated heterocycles. The van der Waals surface area contributed by atoms with Crippen LogP contribution in [0.3, 0.4) is 0 Å². The first-order valence-corrected chi connectivity index (χ1v) is 12.9. The molecule has 0 fully saturated rings. The number of carbonyl (C=O) groups is 1. The Morgan fingerprint density at radius 1 is 0.969 bits per heavy atom. The highest BCUT2D eigenvalue weighted by molar-refractivity contribution is 7.89. The molecule has 0 aliphatic rings. The number of thiazole rings is 1. The standard InChI is InChI=1S/C24H25N3O3S2/c1-4-26(5-2)32(29,30)19-14-11-18(12-15-19)23(28)25-24-27(6-3)21-16-13-17-9-7-8-10-20(17)22(21)31-24/h7-16H,4-6H2,1-3H3. The molecule has 0 aliphatic heterocycles. The summed E-state index contributed by atoms with van der Waals surface area (Å²) in [5.74, 6) is -0.394. The summed E-state index contributed by atoms with van der Waals surface area (Å²) in [6, 6.07) is 18.3. The SMILES string of the molecule is CCN(CC)S(=O)(=O)c1ccc(C(=O)N=c2sc3c4ccccc4ccc3n2CC)cc1. The van der Waals surface area contributed by atoms with Crippen LogP contribution in [-0.2, 0) is 16.6 Å². The molecule has 4 rings (SSSR count). The number of rotatable bonds is 6. The second kappa shape index (κ2) is 8.97. The molecule has 8 heteroatoms. The fourth-order valence-electron chi connectivity index (χ4n) is 3.82. The zero-order valence-corrected chi connectivity index (χ0v) is 19.9. The summed E-state index contributed by atoms with van der Waals surface area (Å²) in [6.07, 6.45) is 0. The number of hydrogen-bond donors (Lipinski definition) is 0. The first-order chi connectivity index (χ1) is 15.4. The fraction of sp³-hybridized carbons (Fsp3) is 0.250. The summed E-state index contributed by atoms with van der Waals surface area (Å²) in [7, 11) is -3.56. The smallest absolute Gasteiger partial charge is 0.279 e.